The van der Waals surface area contributed by atoms with Crippen molar-refractivity contribution in [2.75, 3.05) is 0 Å². The highest BCUT2D eigenvalue weighted by molar-refractivity contribution is 5.78. The van der Waals surface area contributed by atoms with Crippen molar-refractivity contribution in [3.05, 3.63) is 35.4 Å². The fraction of sp³-hybridized carbons (Fsp3) is 0.467. The first kappa shape index (κ1) is 12.2. The summed E-state index contributed by atoms with van der Waals surface area (Å²) in [5.41, 5.74) is 7.93. The van der Waals surface area contributed by atoms with Gasteiger partial charge in [0.25, 0.3) is 0 Å². The monoisotopic (exact) mass is 255 g/mol. The van der Waals surface area contributed by atoms with Gasteiger partial charge in [-0.15, -0.1) is 0 Å². The van der Waals surface area contributed by atoms with Crippen LogP contribution in [0.4, 0.5) is 0 Å². The van der Waals surface area contributed by atoms with E-state index in [4.69, 9.17) is 11.0 Å². The number of carbonyl (C=O) groups is 1. The van der Waals surface area contributed by atoms with Crippen molar-refractivity contribution in [2.24, 2.45) is 5.73 Å². The molecule has 0 aromatic heterocycles. The Balaban J connectivity index is 1.93. The number of nitrogens with two attached hydrogens (primary N) is 1. The van der Waals surface area contributed by atoms with Gasteiger partial charge in [0.1, 0.15) is 0 Å². The van der Waals surface area contributed by atoms with Crippen molar-refractivity contribution in [1.82, 2.24) is 4.90 Å². The minimum atomic E-state index is -0.0264. The molecule has 1 aromatic rings. The van der Waals surface area contributed by atoms with Crippen molar-refractivity contribution in [3.63, 3.8) is 0 Å². The maximum atomic E-state index is 12.1. The fourth-order valence-electron chi connectivity index (χ4n) is 2.88. The molecule has 19 heavy (non-hydrogen) atoms. The van der Waals surface area contributed by atoms with E-state index in [0.717, 1.165) is 24.8 Å². The number of nitrogens with zero attached hydrogens (tertiary/aromatic N) is 2. The van der Waals surface area contributed by atoms with Gasteiger partial charge >= 0.3 is 0 Å². The first-order valence-electron chi connectivity index (χ1n) is 6.77. The Morgan fingerprint density at radius 2 is 1.89 bits per heavy atom. The van der Waals surface area contributed by atoms with Crippen LogP contribution in [0.1, 0.15) is 42.9 Å². The standard InChI is InChI=1S/C15H17N3O/c16-9-10-1-3-11(4-2-10)15-13(17)7-8-14(19)18(15)12-5-6-12/h1-4,12-13,15H,5-8,17H2. The molecule has 1 aromatic carbocycles. The zero-order valence-electron chi connectivity index (χ0n) is 10.7. The van der Waals surface area contributed by atoms with Crippen LogP contribution in [0, 0.1) is 11.3 Å². The van der Waals surface area contributed by atoms with Gasteiger partial charge in [0, 0.05) is 18.5 Å². The molecule has 1 saturated carbocycles. The Labute approximate surface area is 112 Å². The van der Waals surface area contributed by atoms with Gasteiger partial charge in [-0.1, -0.05) is 12.1 Å². The van der Waals surface area contributed by atoms with Gasteiger partial charge in [0.05, 0.1) is 17.7 Å². The lowest BCUT2D eigenvalue weighted by Gasteiger charge is -2.40. The second-order valence-corrected chi connectivity index (χ2v) is 5.41. The van der Waals surface area contributed by atoms with E-state index in [1.54, 1.807) is 12.1 Å². The quantitative estimate of drug-likeness (QED) is 0.874. The number of benzene rings is 1. The van der Waals surface area contributed by atoms with Gasteiger partial charge in [-0.3, -0.25) is 4.79 Å². The number of likely N-dealkylation sites (tertiary alicyclic amines) is 1. The molecule has 0 bridgehead atoms. The molecular formula is C15H17N3O. The van der Waals surface area contributed by atoms with E-state index in [2.05, 4.69) is 6.07 Å². The third kappa shape index (κ3) is 2.22. The topological polar surface area (TPSA) is 70.1 Å². The second-order valence-electron chi connectivity index (χ2n) is 5.41. The van der Waals surface area contributed by atoms with Gasteiger partial charge in [-0.2, -0.15) is 5.26 Å². The molecule has 2 atom stereocenters. The summed E-state index contributed by atoms with van der Waals surface area (Å²) in [5.74, 6) is 0.221. The van der Waals surface area contributed by atoms with Gasteiger partial charge in [0.15, 0.2) is 0 Å². The Morgan fingerprint density at radius 1 is 1.21 bits per heavy atom. The highest BCUT2D eigenvalue weighted by Gasteiger charge is 2.42. The Kier molecular flexibility index (Phi) is 3.00. The molecule has 0 spiro atoms. The molecule has 3 rings (SSSR count). The van der Waals surface area contributed by atoms with Crippen molar-refractivity contribution in [3.8, 4) is 6.07 Å². The van der Waals surface area contributed by atoms with Gasteiger partial charge in [-0.25, -0.2) is 0 Å². The Hall–Kier alpha value is -1.86. The predicted octanol–water partition coefficient (Wildman–Crippen LogP) is 1.71. The average molecular weight is 255 g/mol. The third-order valence-corrected chi connectivity index (χ3v) is 4.01. The second kappa shape index (κ2) is 4.67. The number of rotatable bonds is 2. The molecule has 4 nitrogen and oxygen atoms in total. The van der Waals surface area contributed by atoms with Crippen LogP contribution in [-0.4, -0.2) is 22.9 Å². The molecule has 2 aliphatic rings. The van der Waals surface area contributed by atoms with Crippen LogP contribution in [0.2, 0.25) is 0 Å². The summed E-state index contributed by atoms with van der Waals surface area (Å²) in [4.78, 5) is 14.1. The molecule has 1 heterocycles. The van der Waals surface area contributed by atoms with Crippen LogP contribution >= 0.6 is 0 Å². The summed E-state index contributed by atoms with van der Waals surface area (Å²) >= 11 is 0. The van der Waals surface area contributed by atoms with E-state index < -0.39 is 0 Å². The van der Waals surface area contributed by atoms with E-state index in [0.29, 0.717) is 18.0 Å². The van der Waals surface area contributed by atoms with E-state index in [-0.39, 0.29) is 18.0 Å². The summed E-state index contributed by atoms with van der Waals surface area (Å²) < 4.78 is 0. The summed E-state index contributed by atoms with van der Waals surface area (Å²) in [6, 6.07) is 9.90. The smallest absolute Gasteiger partial charge is 0.223 e. The zero-order valence-corrected chi connectivity index (χ0v) is 10.7. The summed E-state index contributed by atoms with van der Waals surface area (Å²) in [7, 11) is 0. The Bertz CT molecular complexity index is 527. The van der Waals surface area contributed by atoms with Crippen LogP contribution in [-0.2, 0) is 4.79 Å². The minimum absolute atomic E-state index is 0.00812. The van der Waals surface area contributed by atoms with Crippen LogP contribution in [0.15, 0.2) is 24.3 Å². The third-order valence-electron chi connectivity index (χ3n) is 4.01. The minimum Gasteiger partial charge on any atom is -0.331 e. The molecule has 2 fully saturated rings. The maximum absolute atomic E-state index is 12.1. The van der Waals surface area contributed by atoms with E-state index in [9.17, 15) is 4.79 Å². The molecule has 1 saturated heterocycles. The van der Waals surface area contributed by atoms with Gasteiger partial charge in [0.2, 0.25) is 5.91 Å². The van der Waals surface area contributed by atoms with E-state index in [1.807, 2.05) is 17.0 Å². The molecular weight excluding hydrogens is 238 g/mol. The van der Waals surface area contributed by atoms with Gasteiger partial charge < -0.3 is 10.6 Å². The normalized spacial score (nSPS) is 27.2. The van der Waals surface area contributed by atoms with Crippen molar-refractivity contribution >= 4 is 5.91 Å². The SMILES string of the molecule is N#Cc1ccc(C2C(N)CCC(=O)N2C2CC2)cc1. The molecule has 1 amide bonds. The number of piperidine rings is 1. The lowest BCUT2D eigenvalue weighted by Crippen LogP contribution is -2.49. The lowest BCUT2D eigenvalue weighted by atomic mass is 9.90. The molecule has 98 valence electrons. The summed E-state index contributed by atoms with van der Waals surface area (Å²) in [6.45, 7) is 0. The van der Waals surface area contributed by atoms with Crippen LogP contribution in [0.3, 0.4) is 0 Å². The highest BCUT2D eigenvalue weighted by atomic mass is 16.2. The molecule has 2 N–H and O–H groups in total. The van der Waals surface area contributed by atoms with Crippen molar-refractivity contribution in [1.29, 1.82) is 5.26 Å². The summed E-state index contributed by atoms with van der Waals surface area (Å²) in [5, 5.41) is 8.84. The number of nitriles is 1. The molecule has 4 heteroatoms. The fourth-order valence-corrected chi connectivity index (χ4v) is 2.88. The van der Waals surface area contributed by atoms with E-state index >= 15 is 0 Å². The molecule has 1 aliphatic carbocycles. The van der Waals surface area contributed by atoms with E-state index in [1.165, 1.54) is 0 Å². The predicted molar refractivity (Wildman–Crippen MR) is 71.0 cm³/mol. The van der Waals surface area contributed by atoms with Crippen LogP contribution in [0.5, 0.6) is 0 Å². The first-order chi connectivity index (χ1) is 9.20. The van der Waals surface area contributed by atoms with Crippen molar-refractivity contribution in [2.45, 2.75) is 43.8 Å². The molecule has 2 unspecified atom stereocenters. The number of carbonyl (C=O) groups excluding carboxylic acids is 1. The first-order valence-corrected chi connectivity index (χ1v) is 6.77. The number of hydrogen-bond acceptors (Lipinski definition) is 3. The van der Waals surface area contributed by atoms with Crippen LogP contribution in [0.25, 0.3) is 0 Å². The summed E-state index contributed by atoms with van der Waals surface area (Å²) in [6.07, 6.45) is 3.48. The largest absolute Gasteiger partial charge is 0.331 e. The zero-order chi connectivity index (χ0) is 13.4. The lowest BCUT2D eigenvalue weighted by molar-refractivity contribution is -0.138. The maximum Gasteiger partial charge on any atom is 0.223 e. The average Bonchev–Trinajstić information content (AvgIpc) is 3.25. The highest BCUT2D eigenvalue weighted by Crippen LogP contribution is 2.39. The Morgan fingerprint density at radius 3 is 2.47 bits per heavy atom. The van der Waals surface area contributed by atoms with Gasteiger partial charge in [-0.05, 0) is 37.0 Å². The van der Waals surface area contributed by atoms with Crippen molar-refractivity contribution < 1.29 is 4.79 Å². The molecule has 0 radical (unpaired) electrons. The number of amides is 1. The molecule has 1 aliphatic heterocycles. The number of hydrogen-bond donors (Lipinski definition) is 1. The van der Waals surface area contributed by atoms with Crippen LogP contribution < -0.4 is 5.73 Å².